The first-order valence-corrected chi connectivity index (χ1v) is 0. The number of hydrogen-bond donors (Lipinski definition) is 1. The fraction of sp³-hybridized carbons (Fsp3) is 0. The van der Waals surface area contributed by atoms with E-state index in [-0.39, 0.29) is 58.8 Å². The second-order valence-electron chi connectivity index (χ2n) is 0. The summed E-state index contributed by atoms with van der Waals surface area (Å²) in [6, 6.07) is 0. The van der Waals surface area contributed by atoms with Crippen molar-refractivity contribution in [2.24, 2.45) is 0 Å². The van der Waals surface area contributed by atoms with Crippen molar-refractivity contribution in [2.45, 2.75) is 0 Å². The summed E-state index contributed by atoms with van der Waals surface area (Å²) in [5.41, 5.74) is 0. The summed E-state index contributed by atoms with van der Waals surface area (Å²) in [7, 11) is 0. The summed E-state index contributed by atoms with van der Waals surface area (Å²) < 4.78 is 0. The standard InChI is InChI=1S/6FH.H3N.Sb.3H/h6*1H;1H3;;;;. The van der Waals surface area contributed by atoms with Crippen molar-refractivity contribution in [3.8, 4) is 0 Å². The van der Waals surface area contributed by atoms with E-state index in [1.807, 2.05) is 0 Å². The van der Waals surface area contributed by atoms with Crippen LogP contribution in [0.2, 0.25) is 0 Å². The fourth-order valence-electron chi connectivity index (χ4n) is 0. The monoisotopic (exact) mass is 261 g/mol. The Bertz CT molecular complexity index is 8.49. The van der Waals surface area contributed by atoms with Crippen molar-refractivity contribution in [3.63, 3.8) is 0 Å². The van der Waals surface area contributed by atoms with E-state index in [1.165, 1.54) is 0 Å². The molecule has 0 rings (SSSR count). The van der Waals surface area contributed by atoms with Gasteiger partial charge in [0.2, 0.25) is 0 Å². The first-order chi connectivity index (χ1) is 0. The molecule has 0 aliphatic carbocycles. The predicted octanol–water partition coefficient (Wildman–Crippen LogP) is -0.107. The van der Waals surface area contributed by atoms with Gasteiger partial charge in [-0.25, -0.2) is 0 Å². The van der Waals surface area contributed by atoms with E-state index in [9.17, 15) is 0 Å². The van der Waals surface area contributed by atoms with E-state index < -0.39 is 0 Å². The van der Waals surface area contributed by atoms with Crippen LogP contribution in [0, 0.1) is 0 Å². The van der Waals surface area contributed by atoms with E-state index in [1.54, 1.807) is 0 Å². The zero-order chi connectivity index (χ0) is 0. The number of hydrogen-bond acceptors (Lipinski definition) is 1. The average Bonchev–Trinajstić information content (AvgIpc) is 0. The third-order valence-electron chi connectivity index (χ3n) is 0. The van der Waals surface area contributed by atoms with Crippen LogP contribution in [0.5, 0.6) is 0 Å². The molecule has 1 nitrogen and oxygen atoms in total. The topological polar surface area (TPSA) is 35.0 Å². The van der Waals surface area contributed by atoms with Crippen LogP contribution in [0.1, 0.15) is 0 Å². The van der Waals surface area contributed by atoms with Crippen molar-refractivity contribution in [1.82, 2.24) is 6.15 Å². The quantitative estimate of drug-likeness (QED) is 0.480. The van der Waals surface area contributed by atoms with Crippen LogP contribution in [0.15, 0.2) is 0 Å². The molecule has 0 amide bonds. The van der Waals surface area contributed by atoms with Gasteiger partial charge in [0.1, 0.15) is 0 Å². The third-order valence-corrected chi connectivity index (χ3v) is 0. The van der Waals surface area contributed by atoms with Crippen LogP contribution in [-0.4, -0.2) is 24.4 Å². The molecule has 0 saturated carbocycles. The van der Waals surface area contributed by atoms with Crippen molar-refractivity contribution < 1.29 is 28.2 Å². The minimum atomic E-state index is 0. The molecule has 0 aromatic heterocycles. The summed E-state index contributed by atoms with van der Waals surface area (Å²) >= 11 is 0. The number of rotatable bonds is 0. The van der Waals surface area contributed by atoms with E-state index in [4.69, 9.17) is 0 Å². The van der Waals surface area contributed by atoms with Crippen molar-refractivity contribution in [2.75, 3.05) is 0 Å². The molecule has 0 fully saturated rings. The molecule has 0 saturated heterocycles. The van der Waals surface area contributed by atoms with E-state index in [2.05, 4.69) is 0 Å². The molecule has 0 atom stereocenters. The SMILES string of the molecule is F.F.F.F.F.F.N.[SbH3]. The predicted molar refractivity (Wildman–Crippen MR) is 30.0 cm³/mol. The normalized spacial score (nSPS) is 0. The summed E-state index contributed by atoms with van der Waals surface area (Å²) in [5, 5.41) is 0. The van der Waals surface area contributed by atoms with Crippen LogP contribution >= 0.6 is 0 Å². The van der Waals surface area contributed by atoms with Crippen molar-refractivity contribution in [3.05, 3.63) is 0 Å². The van der Waals surface area contributed by atoms with Gasteiger partial charge >= 0.3 is 24.4 Å². The molecule has 0 unspecified atom stereocenters. The van der Waals surface area contributed by atoms with Crippen LogP contribution in [0.3, 0.4) is 0 Å². The Labute approximate surface area is 59.4 Å². The zero-order valence-corrected chi connectivity index (χ0v) is 7.90. The molecule has 8 heavy (non-hydrogen) atoms. The van der Waals surface area contributed by atoms with Crippen LogP contribution in [0.4, 0.5) is 28.2 Å². The Balaban J connectivity index is 0. The van der Waals surface area contributed by atoms with Crippen molar-refractivity contribution in [1.29, 1.82) is 0 Å². The Morgan fingerprint density at radius 3 is 0.375 bits per heavy atom. The Hall–Kier alpha value is 0.358. The van der Waals surface area contributed by atoms with Crippen molar-refractivity contribution >= 4 is 24.4 Å². The molecule has 0 spiro atoms. The molecular formula is H12F6NSb. The van der Waals surface area contributed by atoms with Crippen LogP contribution in [0.25, 0.3) is 0 Å². The molecule has 0 aromatic carbocycles. The molecule has 0 aliphatic heterocycles. The summed E-state index contributed by atoms with van der Waals surface area (Å²) in [6.07, 6.45) is 0. The Morgan fingerprint density at radius 1 is 0.375 bits per heavy atom. The van der Waals surface area contributed by atoms with Crippen LogP contribution in [-0.2, 0) is 0 Å². The third kappa shape index (κ3) is 1420. The maximum absolute atomic E-state index is 0. The van der Waals surface area contributed by atoms with E-state index in [0.717, 1.165) is 0 Å². The van der Waals surface area contributed by atoms with Gasteiger partial charge in [-0.15, -0.1) is 0 Å². The van der Waals surface area contributed by atoms with Gasteiger partial charge in [-0.3, -0.25) is 28.2 Å². The Morgan fingerprint density at radius 2 is 0.375 bits per heavy atom. The van der Waals surface area contributed by atoms with E-state index >= 15 is 0 Å². The summed E-state index contributed by atoms with van der Waals surface area (Å²) in [6.45, 7) is 0. The van der Waals surface area contributed by atoms with Gasteiger partial charge in [0.25, 0.3) is 0 Å². The molecule has 0 aliphatic rings. The fourth-order valence-corrected chi connectivity index (χ4v) is 0. The molecule has 0 bridgehead atoms. The van der Waals surface area contributed by atoms with Crippen LogP contribution < -0.4 is 6.15 Å². The molecule has 0 aromatic rings. The first kappa shape index (κ1) is 3530. The van der Waals surface area contributed by atoms with Gasteiger partial charge in [-0.2, -0.15) is 0 Å². The minimum absolute atomic E-state index is 0. The number of halogens is 6. The molecule has 64 valence electrons. The summed E-state index contributed by atoms with van der Waals surface area (Å²) in [5.74, 6) is 0. The molecule has 0 radical (unpaired) electrons. The molecule has 8 heteroatoms. The second-order valence-corrected chi connectivity index (χ2v) is 0. The molecule has 3 N–H and O–H groups in total. The summed E-state index contributed by atoms with van der Waals surface area (Å²) in [4.78, 5) is 0. The maximum atomic E-state index is 0. The van der Waals surface area contributed by atoms with Gasteiger partial charge in [0.15, 0.2) is 0 Å². The zero-order valence-electron chi connectivity index (χ0n) is 3.86. The first-order valence-electron chi connectivity index (χ1n) is 0. The van der Waals surface area contributed by atoms with Gasteiger partial charge in [-0.05, 0) is 0 Å². The van der Waals surface area contributed by atoms with Gasteiger partial charge in [0, 0.05) is 0 Å². The average molecular weight is 262 g/mol. The Kier molecular flexibility index (Phi) is 1020000. The van der Waals surface area contributed by atoms with Gasteiger partial charge in [-0.1, -0.05) is 0 Å². The van der Waals surface area contributed by atoms with Gasteiger partial charge < -0.3 is 6.15 Å². The van der Waals surface area contributed by atoms with E-state index in [0.29, 0.717) is 0 Å². The molecule has 0 heterocycles. The molecular weight excluding hydrogens is 250 g/mol. The van der Waals surface area contributed by atoms with Gasteiger partial charge in [0.05, 0.1) is 0 Å². The second kappa shape index (κ2) is 2320.